The van der Waals surface area contributed by atoms with E-state index in [-0.39, 0.29) is 0 Å². The number of quaternary nitrogens is 2. The van der Waals surface area contributed by atoms with Crippen molar-refractivity contribution in [3.63, 3.8) is 0 Å². The second kappa shape index (κ2) is 13.9. The first-order valence-corrected chi connectivity index (χ1v) is 9.82. The molecule has 0 N–H and O–H groups in total. The van der Waals surface area contributed by atoms with Crippen molar-refractivity contribution in [2.75, 3.05) is 52.4 Å². The highest BCUT2D eigenvalue weighted by Crippen LogP contribution is 2.16. The van der Waals surface area contributed by atoms with Crippen molar-refractivity contribution in [3.05, 3.63) is 63.3 Å². The van der Waals surface area contributed by atoms with E-state index in [1.165, 1.54) is 38.8 Å². The average Bonchev–Trinajstić information content (AvgIpc) is 2.56. The molecule has 0 aromatic carbocycles. The van der Waals surface area contributed by atoms with Gasteiger partial charge in [-0.25, -0.2) is 0 Å². The first kappa shape index (κ1) is 23.6. The molecule has 0 spiro atoms. The third kappa shape index (κ3) is 9.04. The summed E-state index contributed by atoms with van der Waals surface area (Å²) in [7, 11) is 0. The Morgan fingerprint density at radius 2 is 0.880 bits per heavy atom. The van der Waals surface area contributed by atoms with Gasteiger partial charge in [-0.05, 0) is 43.2 Å². The Morgan fingerprint density at radius 1 is 0.520 bits per heavy atom. The van der Waals surface area contributed by atoms with Crippen LogP contribution in [0.4, 0.5) is 0 Å². The minimum atomic E-state index is 0.969. The predicted molar refractivity (Wildman–Crippen MR) is 115 cm³/mol. The summed E-state index contributed by atoms with van der Waals surface area (Å²) >= 11 is 0. The molecule has 0 rings (SSSR count). The Bertz CT molecular complexity index is 372. The minimum Gasteiger partial charge on any atom is -0.317 e. The van der Waals surface area contributed by atoms with Gasteiger partial charge >= 0.3 is 0 Å². The zero-order chi connectivity index (χ0) is 19.0. The highest BCUT2D eigenvalue weighted by Gasteiger charge is 2.28. The van der Waals surface area contributed by atoms with Gasteiger partial charge < -0.3 is 8.97 Å². The van der Waals surface area contributed by atoms with E-state index in [1.54, 1.807) is 0 Å². The molecule has 25 heavy (non-hydrogen) atoms. The molecule has 0 aromatic heterocycles. The van der Waals surface area contributed by atoms with E-state index in [1.807, 2.05) is 18.2 Å². The molecule has 0 aliphatic heterocycles. The number of unbranched alkanes of at least 4 members (excludes halogenated alkanes) is 2. The van der Waals surface area contributed by atoms with Crippen LogP contribution in [0, 0.1) is 0 Å². The lowest BCUT2D eigenvalue weighted by Gasteiger charge is -2.40. The molecule has 0 aromatic rings. The van der Waals surface area contributed by atoms with Crippen LogP contribution in [0.3, 0.4) is 0 Å². The summed E-state index contributed by atoms with van der Waals surface area (Å²) in [5.74, 6) is 0. The van der Waals surface area contributed by atoms with Gasteiger partial charge in [-0.3, -0.25) is 0 Å². The van der Waals surface area contributed by atoms with Crippen molar-refractivity contribution in [3.8, 4) is 0 Å². The summed E-state index contributed by atoms with van der Waals surface area (Å²) < 4.78 is 2.07. The maximum atomic E-state index is 4.01. The third-order valence-electron chi connectivity index (χ3n) is 5.08. The van der Waals surface area contributed by atoms with Gasteiger partial charge in [0.15, 0.2) is 0 Å². The molecule has 0 saturated heterocycles. The monoisotopic (exact) mass is 346 g/mol. The second-order valence-corrected chi connectivity index (χ2v) is 7.27. The van der Waals surface area contributed by atoms with E-state index < -0.39 is 0 Å². The van der Waals surface area contributed by atoms with Crippen LogP contribution in [0.15, 0.2) is 63.3 Å². The molecule has 0 heterocycles. The first-order valence-electron chi connectivity index (χ1n) is 9.82. The maximum Gasteiger partial charge on any atom is 0.0975 e. The van der Waals surface area contributed by atoms with Crippen molar-refractivity contribution in [1.29, 1.82) is 0 Å². The Hall–Kier alpha value is -1.38. The molecule has 2 heteroatoms. The maximum absolute atomic E-state index is 4.01. The van der Waals surface area contributed by atoms with Crippen LogP contribution < -0.4 is 0 Å². The molecule has 0 atom stereocenters. The van der Waals surface area contributed by atoms with E-state index in [2.05, 4.69) is 52.0 Å². The van der Waals surface area contributed by atoms with Gasteiger partial charge in [0, 0.05) is 6.42 Å². The molecule has 142 valence electrons. The van der Waals surface area contributed by atoms with E-state index in [0.717, 1.165) is 48.2 Å². The fourth-order valence-electron chi connectivity index (χ4n) is 3.86. The van der Waals surface area contributed by atoms with Crippen LogP contribution in [0.5, 0.6) is 0 Å². The Labute approximate surface area is 157 Å². The lowest BCUT2D eigenvalue weighted by molar-refractivity contribution is -0.933. The van der Waals surface area contributed by atoms with Crippen LogP contribution in [-0.2, 0) is 0 Å². The summed E-state index contributed by atoms with van der Waals surface area (Å²) in [6.07, 6.45) is 15.3. The van der Waals surface area contributed by atoms with Gasteiger partial charge in [0.2, 0.25) is 0 Å². The summed E-state index contributed by atoms with van der Waals surface area (Å²) in [5.41, 5.74) is 0. The zero-order valence-corrected chi connectivity index (χ0v) is 16.8. The number of rotatable bonds is 18. The molecule has 2 nitrogen and oxygen atoms in total. The standard InChI is InChI=1S/C23H42N2/c1-7-13-14-21-25(19-11-5,20-12-6)23-15-22-24(16-8-2,17-9-3)18-10-4/h8-12H,2-7,13-23H2,1H3/q+2. The smallest absolute Gasteiger partial charge is 0.0975 e. The fourth-order valence-corrected chi connectivity index (χ4v) is 3.86. The third-order valence-corrected chi connectivity index (χ3v) is 5.08. The van der Waals surface area contributed by atoms with Crippen molar-refractivity contribution < 1.29 is 8.97 Å². The molecular formula is C23H42N2+2. The summed E-state index contributed by atoms with van der Waals surface area (Å²) in [6.45, 7) is 30.6. The van der Waals surface area contributed by atoms with Crippen molar-refractivity contribution >= 4 is 0 Å². The quantitative estimate of drug-likeness (QED) is 0.183. The van der Waals surface area contributed by atoms with E-state index >= 15 is 0 Å². The normalized spacial score (nSPS) is 11.7. The first-order chi connectivity index (χ1) is 12.1. The number of nitrogens with zero attached hydrogens (tertiary/aromatic N) is 2. The SMILES string of the molecule is C=CC[N+](CC=C)(CC=C)CCC[N+](CC=C)(CC=C)CCCCC. The molecule has 0 bridgehead atoms. The van der Waals surface area contributed by atoms with Crippen LogP contribution in [0.2, 0.25) is 0 Å². The van der Waals surface area contributed by atoms with Gasteiger partial charge in [0.05, 0.1) is 52.4 Å². The lowest BCUT2D eigenvalue weighted by Crippen LogP contribution is -2.53. The van der Waals surface area contributed by atoms with Crippen LogP contribution in [-0.4, -0.2) is 61.3 Å². The Balaban J connectivity index is 5.04. The average molecular weight is 347 g/mol. The molecular weight excluding hydrogens is 304 g/mol. The fraction of sp³-hybridized carbons (Fsp3) is 0.565. The molecule has 0 unspecified atom stereocenters. The van der Waals surface area contributed by atoms with Gasteiger partial charge in [0.25, 0.3) is 0 Å². The van der Waals surface area contributed by atoms with Crippen LogP contribution >= 0.6 is 0 Å². The molecule has 0 fully saturated rings. The number of hydrogen-bond acceptors (Lipinski definition) is 0. The summed E-state index contributed by atoms with van der Waals surface area (Å²) in [4.78, 5) is 0. The summed E-state index contributed by atoms with van der Waals surface area (Å²) in [5, 5.41) is 0. The molecule has 0 aliphatic rings. The molecule has 0 saturated carbocycles. The van der Waals surface area contributed by atoms with E-state index in [9.17, 15) is 0 Å². The Morgan fingerprint density at radius 3 is 1.28 bits per heavy atom. The van der Waals surface area contributed by atoms with Gasteiger partial charge in [0.1, 0.15) is 0 Å². The van der Waals surface area contributed by atoms with Gasteiger partial charge in [-0.15, -0.1) is 0 Å². The van der Waals surface area contributed by atoms with Crippen LogP contribution in [0.1, 0.15) is 32.6 Å². The summed E-state index contributed by atoms with van der Waals surface area (Å²) in [6, 6.07) is 0. The topological polar surface area (TPSA) is 0 Å². The van der Waals surface area contributed by atoms with Crippen molar-refractivity contribution in [1.82, 2.24) is 0 Å². The van der Waals surface area contributed by atoms with Gasteiger partial charge in [-0.2, -0.15) is 0 Å². The zero-order valence-electron chi connectivity index (χ0n) is 16.8. The largest absolute Gasteiger partial charge is 0.317 e. The number of hydrogen-bond donors (Lipinski definition) is 0. The second-order valence-electron chi connectivity index (χ2n) is 7.27. The van der Waals surface area contributed by atoms with E-state index in [0.29, 0.717) is 0 Å². The van der Waals surface area contributed by atoms with Crippen LogP contribution in [0.25, 0.3) is 0 Å². The molecule has 0 radical (unpaired) electrons. The van der Waals surface area contributed by atoms with Crippen molar-refractivity contribution in [2.45, 2.75) is 32.6 Å². The predicted octanol–water partition coefficient (Wildman–Crippen LogP) is 5.13. The minimum absolute atomic E-state index is 0.969. The highest BCUT2D eigenvalue weighted by molar-refractivity contribution is 4.77. The molecule has 0 amide bonds. The van der Waals surface area contributed by atoms with Crippen molar-refractivity contribution in [2.24, 2.45) is 0 Å². The van der Waals surface area contributed by atoms with Gasteiger partial charge in [-0.1, -0.05) is 46.2 Å². The van der Waals surface area contributed by atoms with E-state index in [4.69, 9.17) is 0 Å². The highest BCUT2D eigenvalue weighted by atomic mass is 15.4. The lowest BCUT2D eigenvalue weighted by atomic mass is 10.1. The molecule has 0 aliphatic carbocycles. The Kier molecular flexibility index (Phi) is 13.1.